The van der Waals surface area contributed by atoms with E-state index in [1.165, 1.54) is 7.11 Å². The van der Waals surface area contributed by atoms with Crippen molar-refractivity contribution < 1.29 is 9.53 Å². The Morgan fingerprint density at radius 1 is 1.18 bits per heavy atom. The lowest BCUT2D eigenvalue weighted by molar-refractivity contribution is 0.0750. The number of carbonyl (C=O) groups excluding carboxylic acids is 1. The van der Waals surface area contributed by atoms with E-state index in [0.29, 0.717) is 30.2 Å². The minimum absolute atomic E-state index is 0.0395. The van der Waals surface area contributed by atoms with Crippen LogP contribution in [0.4, 0.5) is 5.95 Å². The summed E-state index contributed by atoms with van der Waals surface area (Å²) in [5.41, 5.74) is 9.73. The standard InChI is InChI=1S/C20H20N6O2/c1-3-17-22-9-14-10-26(11-16(14)23-17)19(27)13-6-4-12(5-7-13)15-8-18(28-2)25-20(21)24-15/h4-9H,3,10-11H2,1-2H3,(H2,21,24,25). The molecule has 0 unspecified atom stereocenters. The first kappa shape index (κ1) is 17.8. The molecule has 0 atom stereocenters. The van der Waals surface area contributed by atoms with Gasteiger partial charge in [0.05, 0.1) is 25.0 Å². The Kier molecular flexibility index (Phi) is 4.60. The van der Waals surface area contributed by atoms with Crippen LogP contribution in [-0.2, 0) is 19.5 Å². The molecule has 0 radical (unpaired) electrons. The predicted octanol–water partition coefficient (Wildman–Crippen LogP) is 2.24. The van der Waals surface area contributed by atoms with Crippen molar-refractivity contribution in [2.45, 2.75) is 26.4 Å². The molecule has 0 saturated heterocycles. The zero-order valence-electron chi connectivity index (χ0n) is 15.7. The molecule has 28 heavy (non-hydrogen) atoms. The summed E-state index contributed by atoms with van der Waals surface area (Å²) in [6, 6.07) is 8.96. The Bertz CT molecular complexity index is 1040. The normalized spacial score (nSPS) is 12.7. The number of hydrogen-bond donors (Lipinski definition) is 1. The third kappa shape index (κ3) is 3.36. The molecule has 1 amide bonds. The fourth-order valence-electron chi connectivity index (χ4n) is 3.17. The van der Waals surface area contributed by atoms with Crippen LogP contribution in [0.25, 0.3) is 11.3 Å². The Labute approximate surface area is 162 Å². The molecule has 3 aromatic rings. The lowest BCUT2D eigenvalue weighted by Crippen LogP contribution is -2.25. The van der Waals surface area contributed by atoms with Crippen molar-refractivity contribution in [1.29, 1.82) is 0 Å². The first-order chi connectivity index (χ1) is 13.6. The second-order valence-corrected chi connectivity index (χ2v) is 6.50. The molecule has 4 rings (SSSR count). The highest BCUT2D eigenvalue weighted by molar-refractivity contribution is 5.95. The van der Waals surface area contributed by atoms with Gasteiger partial charge in [-0.25, -0.2) is 15.0 Å². The van der Waals surface area contributed by atoms with Gasteiger partial charge in [0.25, 0.3) is 5.91 Å². The number of nitrogens with two attached hydrogens (primary N) is 1. The largest absolute Gasteiger partial charge is 0.481 e. The summed E-state index contributed by atoms with van der Waals surface area (Å²) in [5.74, 6) is 1.29. The van der Waals surface area contributed by atoms with Crippen LogP contribution in [-0.4, -0.2) is 37.9 Å². The van der Waals surface area contributed by atoms with E-state index in [0.717, 1.165) is 29.1 Å². The summed E-state index contributed by atoms with van der Waals surface area (Å²) in [6.07, 6.45) is 2.60. The number of nitrogens with zero attached hydrogens (tertiary/aromatic N) is 5. The van der Waals surface area contributed by atoms with Crippen molar-refractivity contribution in [2.75, 3.05) is 12.8 Å². The number of ether oxygens (including phenoxy) is 1. The molecule has 0 aliphatic carbocycles. The van der Waals surface area contributed by atoms with Gasteiger partial charge in [0.2, 0.25) is 11.8 Å². The summed E-state index contributed by atoms with van der Waals surface area (Å²) in [7, 11) is 1.52. The van der Waals surface area contributed by atoms with Gasteiger partial charge >= 0.3 is 0 Å². The van der Waals surface area contributed by atoms with Gasteiger partial charge in [-0.1, -0.05) is 19.1 Å². The highest BCUT2D eigenvalue weighted by Crippen LogP contribution is 2.25. The van der Waals surface area contributed by atoms with Crippen LogP contribution in [0.15, 0.2) is 36.5 Å². The number of amides is 1. The SMILES string of the molecule is CCc1ncc2c(n1)CN(C(=O)c1ccc(-c3cc(OC)nc(N)n3)cc1)C2. The summed E-state index contributed by atoms with van der Waals surface area (Å²) in [4.78, 5) is 31.7. The molecule has 0 saturated carbocycles. The highest BCUT2D eigenvalue weighted by Gasteiger charge is 2.26. The zero-order valence-corrected chi connectivity index (χ0v) is 15.7. The maximum absolute atomic E-state index is 12.9. The second-order valence-electron chi connectivity index (χ2n) is 6.50. The van der Waals surface area contributed by atoms with Gasteiger partial charge in [0, 0.05) is 41.9 Å². The maximum Gasteiger partial charge on any atom is 0.254 e. The van der Waals surface area contributed by atoms with Crippen LogP contribution in [0.3, 0.4) is 0 Å². The number of rotatable bonds is 4. The molecule has 0 fully saturated rings. The molecule has 1 aromatic carbocycles. The number of benzene rings is 1. The first-order valence-corrected chi connectivity index (χ1v) is 8.99. The first-order valence-electron chi connectivity index (χ1n) is 8.99. The van der Waals surface area contributed by atoms with E-state index in [1.807, 2.05) is 25.3 Å². The van der Waals surface area contributed by atoms with Gasteiger partial charge in [-0.2, -0.15) is 4.98 Å². The van der Waals surface area contributed by atoms with E-state index < -0.39 is 0 Å². The van der Waals surface area contributed by atoms with Crippen LogP contribution in [0.1, 0.15) is 34.4 Å². The summed E-state index contributed by atoms with van der Waals surface area (Å²) in [5, 5.41) is 0. The van der Waals surface area contributed by atoms with E-state index in [-0.39, 0.29) is 11.9 Å². The number of fused-ring (bicyclic) bond motifs is 1. The Hall–Kier alpha value is -3.55. The minimum Gasteiger partial charge on any atom is -0.481 e. The molecule has 142 valence electrons. The lowest BCUT2D eigenvalue weighted by Gasteiger charge is -2.15. The average molecular weight is 376 g/mol. The van der Waals surface area contributed by atoms with Gasteiger partial charge in [0.1, 0.15) is 5.82 Å². The molecule has 8 nitrogen and oxygen atoms in total. The van der Waals surface area contributed by atoms with Crippen LogP contribution >= 0.6 is 0 Å². The topological polar surface area (TPSA) is 107 Å². The number of nitrogen functional groups attached to an aromatic ring is 1. The third-order valence-electron chi connectivity index (χ3n) is 4.67. The smallest absolute Gasteiger partial charge is 0.254 e. The van der Waals surface area contributed by atoms with Gasteiger partial charge in [-0.05, 0) is 12.1 Å². The number of aryl methyl sites for hydroxylation is 1. The molecule has 8 heteroatoms. The van der Waals surface area contributed by atoms with Crippen molar-refractivity contribution >= 4 is 11.9 Å². The molecular formula is C20H20N6O2. The van der Waals surface area contributed by atoms with Crippen molar-refractivity contribution in [2.24, 2.45) is 0 Å². The van der Waals surface area contributed by atoms with Crippen molar-refractivity contribution in [3.63, 3.8) is 0 Å². The molecule has 0 bridgehead atoms. The molecule has 2 N–H and O–H groups in total. The number of hydrogen-bond acceptors (Lipinski definition) is 7. The maximum atomic E-state index is 12.9. The number of methoxy groups -OCH3 is 1. The summed E-state index contributed by atoms with van der Waals surface area (Å²) in [6.45, 7) is 3.05. The third-order valence-corrected chi connectivity index (χ3v) is 4.67. The highest BCUT2D eigenvalue weighted by atomic mass is 16.5. The van der Waals surface area contributed by atoms with Gasteiger partial charge in [-0.15, -0.1) is 0 Å². The van der Waals surface area contributed by atoms with Gasteiger partial charge in [0.15, 0.2) is 0 Å². The second kappa shape index (κ2) is 7.22. The zero-order chi connectivity index (χ0) is 19.7. The van der Waals surface area contributed by atoms with E-state index in [2.05, 4.69) is 19.9 Å². The quantitative estimate of drug-likeness (QED) is 0.744. The minimum atomic E-state index is -0.0395. The van der Waals surface area contributed by atoms with Crippen LogP contribution in [0.2, 0.25) is 0 Å². The van der Waals surface area contributed by atoms with Gasteiger partial charge < -0.3 is 15.4 Å². The van der Waals surface area contributed by atoms with E-state index in [9.17, 15) is 4.79 Å². The molecule has 1 aliphatic rings. The average Bonchev–Trinajstić information content (AvgIpc) is 3.16. The van der Waals surface area contributed by atoms with Crippen LogP contribution in [0, 0.1) is 0 Å². The van der Waals surface area contributed by atoms with Gasteiger partial charge in [-0.3, -0.25) is 4.79 Å². The molecular weight excluding hydrogens is 356 g/mol. The van der Waals surface area contributed by atoms with Crippen molar-refractivity contribution in [3.05, 3.63) is 59.2 Å². The van der Waals surface area contributed by atoms with Crippen LogP contribution in [0.5, 0.6) is 5.88 Å². The molecule has 2 aromatic heterocycles. The van der Waals surface area contributed by atoms with E-state index in [1.54, 1.807) is 23.1 Å². The molecule has 1 aliphatic heterocycles. The predicted molar refractivity (Wildman–Crippen MR) is 103 cm³/mol. The Morgan fingerprint density at radius 3 is 2.68 bits per heavy atom. The van der Waals surface area contributed by atoms with Crippen LogP contribution < -0.4 is 10.5 Å². The van der Waals surface area contributed by atoms with E-state index >= 15 is 0 Å². The van der Waals surface area contributed by atoms with E-state index in [4.69, 9.17) is 10.5 Å². The molecule has 0 spiro atoms. The van der Waals surface area contributed by atoms with Crippen molar-refractivity contribution in [3.8, 4) is 17.1 Å². The Morgan fingerprint density at radius 2 is 1.96 bits per heavy atom. The molecule has 3 heterocycles. The fraction of sp³-hybridized carbons (Fsp3) is 0.250. The van der Waals surface area contributed by atoms with Crippen molar-refractivity contribution in [1.82, 2.24) is 24.8 Å². The number of carbonyl (C=O) groups is 1. The number of aromatic nitrogens is 4. The fourth-order valence-corrected chi connectivity index (χ4v) is 3.17. The number of anilines is 1. The summed E-state index contributed by atoms with van der Waals surface area (Å²) < 4.78 is 5.13. The lowest BCUT2D eigenvalue weighted by atomic mass is 10.1. The monoisotopic (exact) mass is 376 g/mol. The Balaban J connectivity index is 1.53. The summed E-state index contributed by atoms with van der Waals surface area (Å²) >= 11 is 0.